The van der Waals surface area contributed by atoms with Gasteiger partial charge in [0.05, 0.1) is 10.6 Å². The molecule has 9 heteroatoms. The molecule has 2 aromatic carbocycles. The van der Waals surface area contributed by atoms with E-state index in [9.17, 15) is 14.9 Å². The summed E-state index contributed by atoms with van der Waals surface area (Å²) >= 11 is 12.9. The summed E-state index contributed by atoms with van der Waals surface area (Å²) in [7, 11) is 0. The van der Waals surface area contributed by atoms with E-state index in [0.29, 0.717) is 15.8 Å². The molecule has 1 N–H and O–H groups in total. The molecule has 0 fully saturated rings. The van der Waals surface area contributed by atoms with Crippen molar-refractivity contribution < 1.29 is 9.72 Å². The van der Waals surface area contributed by atoms with E-state index in [2.05, 4.69) is 10.3 Å². The summed E-state index contributed by atoms with van der Waals surface area (Å²) in [5.74, 6) is -0.621. The van der Waals surface area contributed by atoms with Gasteiger partial charge in [0, 0.05) is 26.6 Å². The Morgan fingerprint density at radius 1 is 1.15 bits per heavy atom. The number of nitrogens with zero attached hydrogens (tertiary/aromatic N) is 2. The van der Waals surface area contributed by atoms with Crippen LogP contribution in [0.15, 0.2) is 42.5 Å². The standard InChI is InChI=1S/C17H11Cl2N3O3S/c1-9-15(10-2-4-11(18)5-3-10)20-17(26-9)21-16(23)13-7-6-12(19)8-14(13)22(24)25/h2-8H,1H3,(H,20,21,23). The number of aromatic nitrogens is 1. The van der Waals surface area contributed by atoms with Crippen molar-refractivity contribution >= 4 is 51.3 Å². The molecule has 0 aliphatic carbocycles. The number of hydrogen-bond acceptors (Lipinski definition) is 5. The minimum atomic E-state index is -0.646. The Morgan fingerprint density at radius 3 is 2.46 bits per heavy atom. The molecule has 0 saturated carbocycles. The summed E-state index contributed by atoms with van der Waals surface area (Å²) in [6.07, 6.45) is 0. The van der Waals surface area contributed by atoms with Crippen molar-refractivity contribution in [3.63, 3.8) is 0 Å². The Labute approximate surface area is 162 Å². The van der Waals surface area contributed by atoms with Crippen molar-refractivity contribution in [1.82, 2.24) is 4.98 Å². The molecular weight excluding hydrogens is 397 g/mol. The number of amides is 1. The van der Waals surface area contributed by atoms with Crippen molar-refractivity contribution in [1.29, 1.82) is 0 Å². The molecule has 0 bridgehead atoms. The van der Waals surface area contributed by atoms with Gasteiger partial charge in [-0.25, -0.2) is 4.98 Å². The number of halogens is 2. The molecule has 1 heterocycles. The smallest absolute Gasteiger partial charge is 0.283 e. The summed E-state index contributed by atoms with van der Waals surface area (Å²) in [4.78, 5) is 28.3. The second-order valence-electron chi connectivity index (χ2n) is 5.30. The van der Waals surface area contributed by atoms with Gasteiger partial charge in [-0.2, -0.15) is 0 Å². The maximum atomic E-state index is 12.4. The molecular formula is C17H11Cl2N3O3S. The van der Waals surface area contributed by atoms with Crippen molar-refractivity contribution in [3.8, 4) is 11.3 Å². The molecule has 3 aromatic rings. The fraction of sp³-hybridized carbons (Fsp3) is 0.0588. The molecule has 132 valence electrons. The number of nitro groups is 1. The predicted octanol–water partition coefficient (Wildman–Crippen LogP) is 5.59. The molecule has 1 aromatic heterocycles. The molecule has 6 nitrogen and oxygen atoms in total. The van der Waals surface area contributed by atoms with E-state index in [1.165, 1.54) is 23.5 Å². The summed E-state index contributed by atoms with van der Waals surface area (Å²) in [5.41, 5.74) is 1.13. The topological polar surface area (TPSA) is 85.1 Å². The third-order valence-corrected chi connectivity index (χ3v) is 4.91. The van der Waals surface area contributed by atoms with Crippen molar-refractivity contribution in [2.24, 2.45) is 0 Å². The molecule has 0 aliphatic rings. The van der Waals surface area contributed by atoms with E-state index in [1.54, 1.807) is 12.1 Å². The molecule has 26 heavy (non-hydrogen) atoms. The van der Waals surface area contributed by atoms with Crippen LogP contribution in [0.3, 0.4) is 0 Å². The Kier molecular flexibility index (Phi) is 5.22. The number of hydrogen-bond donors (Lipinski definition) is 1. The lowest BCUT2D eigenvalue weighted by atomic mass is 10.1. The van der Waals surface area contributed by atoms with Gasteiger partial charge in [-0.3, -0.25) is 20.2 Å². The van der Waals surface area contributed by atoms with Crippen LogP contribution in [0.1, 0.15) is 15.2 Å². The number of anilines is 1. The lowest BCUT2D eigenvalue weighted by Crippen LogP contribution is -2.13. The van der Waals surface area contributed by atoms with E-state index >= 15 is 0 Å². The molecule has 0 saturated heterocycles. The van der Waals surface area contributed by atoms with Crippen LogP contribution in [-0.4, -0.2) is 15.8 Å². The zero-order valence-corrected chi connectivity index (χ0v) is 15.7. The summed E-state index contributed by atoms with van der Waals surface area (Å²) in [6.45, 7) is 1.88. The molecule has 0 aliphatic heterocycles. The van der Waals surface area contributed by atoms with Crippen molar-refractivity contribution in [3.05, 3.63) is 73.1 Å². The average molecular weight is 408 g/mol. The second-order valence-corrected chi connectivity index (χ2v) is 7.38. The van der Waals surface area contributed by atoms with Gasteiger partial charge < -0.3 is 0 Å². The van der Waals surface area contributed by atoms with Gasteiger partial charge in [-0.15, -0.1) is 11.3 Å². The van der Waals surface area contributed by atoms with E-state index in [-0.39, 0.29) is 16.3 Å². The minimum Gasteiger partial charge on any atom is -0.298 e. The van der Waals surface area contributed by atoms with Crippen LogP contribution in [0.2, 0.25) is 10.0 Å². The van der Waals surface area contributed by atoms with Crippen LogP contribution in [0.25, 0.3) is 11.3 Å². The van der Waals surface area contributed by atoms with Crippen LogP contribution in [0.4, 0.5) is 10.8 Å². The first kappa shape index (κ1) is 18.3. The number of nitro benzene ring substituents is 1. The number of carbonyl (C=O) groups is 1. The number of benzene rings is 2. The number of nitrogens with one attached hydrogen (secondary N) is 1. The fourth-order valence-electron chi connectivity index (χ4n) is 2.34. The summed E-state index contributed by atoms with van der Waals surface area (Å²) < 4.78 is 0. The minimum absolute atomic E-state index is 0.0831. The van der Waals surface area contributed by atoms with Gasteiger partial charge in [0.1, 0.15) is 5.56 Å². The van der Waals surface area contributed by atoms with Gasteiger partial charge in [-0.1, -0.05) is 35.3 Å². The third-order valence-electron chi connectivity index (χ3n) is 3.54. The lowest BCUT2D eigenvalue weighted by molar-refractivity contribution is -0.385. The second kappa shape index (κ2) is 7.41. The number of aryl methyl sites for hydroxylation is 1. The lowest BCUT2D eigenvalue weighted by Gasteiger charge is -2.03. The summed E-state index contributed by atoms with van der Waals surface area (Å²) in [6, 6.07) is 11.1. The maximum Gasteiger partial charge on any atom is 0.283 e. The molecule has 0 spiro atoms. The Morgan fingerprint density at radius 2 is 1.81 bits per heavy atom. The van der Waals surface area contributed by atoms with Crippen molar-refractivity contribution in [2.45, 2.75) is 6.92 Å². The largest absolute Gasteiger partial charge is 0.298 e. The highest BCUT2D eigenvalue weighted by Gasteiger charge is 2.22. The third kappa shape index (κ3) is 3.85. The van der Waals surface area contributed by atoms with Crippen LogP contribution in [0.5, 0.6) is 0 Å². The highest BCUT2D eigenvalue weighted by molar-refractivity contribution is 7.16. The zero-order chi connectivity index (χ0) is 18.8. The highest BCUT2D eigenvalue weighted by atomic mass is 35.5. The number of rotatable bonds is 4. The number of thiazole rings is 1. The Balaban J connectivity index is 1.88. The highest BCUT2D eigenvalue weighted by Crippen LogP contribution is 2.32. The monoisotopic (exact) mass is 407 g/mol. The average Bonchev–Trinajstić information content (AvgIpc) is 2.95. The van der Waals surface area contributed by atoms with Gasteiger partial charge >= 0.3 is 0 Å². The first-order chi connectivity index (χ1) is 12.3. The first-order valence-electron chi connectivity index (χ1n) is 7.34. The molecule has 0 atom stereocenters. The van der Waals surface area contributed by atoms with Crippen LogP contribution < -0.4 is 5.32 Å². The van der Waals surface area contributed by atoms with E-state index in [4.69, 9.17) is 23.2 Å². The normalized spacial score (nSPS) is 10.6. The molecule has 0 radical (unpaired) electrons. The van der Waals surface area contributed by atoms with Crippen LogP contribution >= 0.6 is 34.5 Å². The maximum absolute atomic E-state index is 12.4. The van der Waals surface area contributed by atoms with E-state index < -0.39 is 10.8 Å². The number of carbonyl (C=O) groups excluding carboxylic acids is 1. The molecule has 0 unspecified atom stereocenters. The van der Waals surface area contributed by atoms with Gasteiger partial charge in [0.15, 0.2) is 5.13 Å². The molecule has 1 amide bonds. The van der Waals surface area contributed by atoms with E-state index in [1.807, 2.05) is 19.1 Å². The van der Waals surface area contributed by atoms with Crippen molar-refractivity contribution in [2.75, 3.05) is 5.32 Å². The Bertz CT molecular complexity index is 1000. The Hall–Kier alpha value is -2.48. The van der Waals surface area contributed by atoms with Gasteiger partial charge in [0.25, 0.3) is 11.6 Å². The first-order valence-corrected chi connectivity index (χ1v) is 8.91. The van der Waals surface area contributed by atoms with Crippen LogP contribution in [0, 0.1) is 17.0 Å². The zero-order valence-electron chi connectivity index (χ0n) is 13.3. The van der Waals surface area contributed by atoms with E-state index in [0.717, 1.165) is 16.5 Å². The van der Waals surface area contributed by atoms with Gasteiger partial charge in [-0.05, 0) is 31.2 Å². The SMILES string of the molecule is Cc1sc(NC(=O)c2ccc(Cl)cc2[N+](=O)[O-])nc1-c1ccc(Cl)cc1. The quantitative estimate of drug-likeness (QED) is 0.451. The predicted molar refractivity (Wildman–Crippen MR) is 103 cm³/mol. The van der Waals surface area contributed by atoms with Gasteiger partial charge in [0.2, 0.25) is 0 Å². The summed E-state index contributed by atoms with van der Waals surface area (Å²) in [5, 5.41) is 14.9. The van der Waals surface area contributed by atoms with Crippen LogP contribution in [-0.2, 0) is 0 Å². The molecule has 3 rings (SSSR count). The fourth-order valence-corrected chi connectivity index (χ4v) is 3.46.